The Morgan fingerprint density at radius 3 is 2.29 bits per heavy atom. The highest BCUT2D eigenvalue weighted by Crippen LogP contribution is 2.21. The molecule has 24 heavy (non-hydrogen) atoms. The van der Waals surface area contributed by atoms with Crippen molar-refractivity contribution < 1.29 is 14.3 Å². The molecule has 0 heterocycles. The van der Waals surface area contributed by atoms with E-state index in [4.69, 9.17) is 5.11 Å². The Labute approximate surface area is 146 Å². The van der Waals surface area contributed by atoms with E-state index in [0.717, 1.165) is 22.4 Å². The van der Waals surface area contributed by atoms with Crippen LogP contribution in [0.4, 0.5) is 4.39 Å². The minimum absolute atomic E-state index is 0.0397. The fraction of sp³-hybridized carbons (Fsp3) is 0.316. The van der Waals surface area contributed by atoms with Crippen molar-refractivity contribution >= 4 is 17.7 Å². The summed E-state index contributed by atoms with van der Waals surface area (Å²) < 4.78 is 13.0. The number of carbonyl (C=O) groups is 1. The molecule has 128 valence electrons. The smallest absolute Gasteiger partial charge is 0.232 e. The summed E-state index contributed by atoms with van der Waals surface area (Å²) in [7, 11) is 1.77. The second kappa shape index (κ2) is 8.85. The fourth-order valence-electron chi connectivity index (χ4n) is 2.28. The third kappa shape index (κ3) is 5.08. The van der Waals surface area contributed by atoms with Gasteiger partial charge < -0.3 is 10.0 Å². The van der Waals surface area contributed by atoms with Crippen molar-refractivity contribution in [2.45, 2.75) is 25.3 Å². The first-order valence-corrected chi connectivity index (χ1v) is 8.94. The Kier molecular flexibility index (Phi) is 6.82. The first-order valence-electron chi connectivity index (χ1n) is 7.79. The Morgan fingerprint density at radius 1 is 1.12 bits per heavy atom. The monoisotopic (exact) mass is 347 g/mol. The van der Waals surface area contributed by atoms with Gasteiger partial charge in [-0.1, -0.05) is 36.4 Å². The molecule has 0 aliphatic heterocycles. The topological polar surface area (TPSA) is 40.5 Å². The standard InChI is InChI=1S/C19H22FNO2S/c1-14(17-7-9-18(20)10-8-17)21(2)19(23)13-24-12-16-5-3-15(11-22)4-6-16/h3-10,14,22H,11-13H2,1-2H3. The van der Waals surface area contributed by atoms with Crippen LogP contribution >= 0.6 is 11.8 Å². The lowest BCUT2D eigenvalue weighted by Crippen LogP contribution is -2.31. The molecule has 0 aliphatic carbocycles. The Hall–Kier alpha value is -1.85. The van der Waals surface area contributed by atoms with Gasteiger partial charge in [0.25, 0.3) is 0 Å². The van der Waals surface area contributed by atoms with Crippen LogP contribution in [0.1, 0.15) is 29.7 Å². The molecule has 0 aliphatic rings. The van der Waals surface area contributed by atoms with Crippen molar-refractivity contribution in [2.75, 3.05) is 12.8 Å². The van der Waals surface area contributed by atoms with E-state index in [0.29, 0.717) is 5.75 Å². The summed E-state index contributed by atoms with van der Waals surface area (Å²) in [5, 5.41) is 9.02. The summed E-state index contributed by atoms with van der Waals surface area (Å²) in [6, 6.07) is 13.9. The van der Waals surface area contributed by atoms with E-state index in [9.17, 15) is 9.18 Å². The average Bonchev–Trinajstić information content (AvgIpc) is 2.61. The number of nitrogens with zero attached hydrogens (tertiary/aromatic N) is 1. The van der Waals surface area contributed by atoms with Crippen LogP contribution in [0.25, 0.3) is 0 Å². The van der Waals surface area contributed by atoms with Gasteiger partial charge in [-0.2, -0.15) is 0 Å². The summed E-state index contributed by atoms with van der Waals surface area (Å²) in [6.45, 7) is 1.97. The minimum atomic E-state index is -0.275. The second-order valence-corrected chi connectivity index (χ2v) is 6.69. The number of thioether (sulfide) groups is 1. The zero-order chi connectivity index (χ0) is 17.5. The molecule has 0 spiro atoms. The molecule has 1 atom stereocenters. The van der Waals surface area contributed by atoms with Crippen LogP contribution in [0.2, 0.25) is 0 Å². The second-order valence-electron chi connectivity index (χ2n) is 5.70. The number of carbonyl (C=O) groups excluding carboxylic acids is 1. The van der Waals surface area contributed by atoms with Gasteiger partial charge in [-0.05, 0) is 35.7 Å². The molecule has 0 fully saturated rings. The summed E-state index contributed by atoms with van der Waals surface area (Å²) >= 11 is 1.56. The van der Waals surface area contributed by atoms with Crippen LogP contribution in [0.3, 0.4) is 0 Å². The third-order valence-electron chi connectivity index (χ3n) is 4.03. The number of aliphatic hydroxyl groups excluding tert-OH is 1. The van der Waals surface area contributed by atoms with Crippen LogP contribution in [0, 0.1) is 5.82 Å². The first-order chi connectivity index (χ1) is 11.5. The van der Waals surface area contributed by atoms with Crippen molar-refractivity contribution in [3.05, 3.63) is 71.0 Å². The molecule has 1 N–H and O–H groups in total. The van der Waals surface area contributed by atoms with Gasteiger partial charge in [0, 0.05) is 12.8 Å². The summed E-state index contributed by atoms with van der Waals surface area (Å²) in [6.07, 6.45) is 0. The van der Waals surface area contributed by atoms with E-state index >= 15 is 0 Å². The molecule has 3 nitrogen and oxygen atoms in total. The third-order valence-corrected chi connectivity index (χ3v) is 5.02. The van der Waals surface area contributed by atoms with Gasteiger partial charge in [0.1, 0.15) is 5.82 Å². The number of hydrogen-bond acceptors (Lipinski definition) is 3. The van der Waals surface area contributed by atoms with Gasteiger partial charge in [-0.3, -0.25) is 4.79 Å². The van der Waals surface area contributed by atoms with E-state index in [1.165, 1.54) is 12.1 Å². The lowest BCUT2D eigenvalue weighted by atomic mass is 10.1. The first kappa shape index (κ1) is 18.5. The zero-order valence-corrected chi connectivity index (χ0v) is 14.7. The number of aliphatic hydroxyl groups is 1. The van der Waals surface area contributed by atoms with Gasteiger partial charge >= 0.3 is 0 Å². The van der Waals surface area contributed by atoms with Gasteiger partial charge in [0.15, 0.2) is 0 Å². The number of halogens is 1. The van der Waals surface area contributed by atoms with Crippen molar-refractivity contribution in [3.8, 4) is 0 Å². The van der Waals surface area contributed by atoms with Gasteiger partial charge in [-0.15, -0.1) is 11.8 Å². The molecule has 0 bridgehead atoms. The normalized spacial score (nSPS) is 12.0. The van der Waals surface area contributed by atoms with Crippen LogP contribution in [-0.4, -0.2) is 28.7 Å². The van der Waals surface area contributed by atoms with Crippen LogP contribution in [-0.2, 0) is 17.2 Å². The van der Waals surface area contributed by atoms with E-state index in [1.807, 2.05) is 31.2 Å². The average molecular weight is 347 g/mol. The lowest BCUT2D eigenvalue weighted by Gasteiger charge is -2.25. The van der Waals surface area contributed by atoms with E-state index in [1.54, 1.807) is 35.8 Å². The highest BCUT2D eigenvalue weighted by atomic mass is 32.2. The maximum absolute atomic E-state index is 13.0. The van der Waals surface area contributed by atoms with E-state index in [-0.39, 0.29) is 24.4 Å². The van der Waals surface area contributed by atoms with Gasteiger partial charge in [0.05, 0.1) is 18.4 Å². The molecule has 0 aromatic heterocycles. The Balaban J connectivity index is 1.83. The summed E-state index contributed by atoms with van der Waals surface area (Å²) in [5.41, 5.74) is 2.92. The van der Waals surface area contributed by atoms with Crippen LogP contribution in [0.15, 0.2) is 48.5 Å². The van der Waals surface area contributed by atoms with Crippen molar-refractivity contribution in [3.63, 3.8) is 0 Å². The van der Waals surface area contributed by atoms with Gasteiger partial charge in [0.2, 0.25) is 5.91 Å². The molecule has 5 heteroatoms. The molecule has 0 saturated carbocycles. The zero-order valence-electron chi connectivity index (χ0n) is 13.9. The SMILES string of the molecule is CC(c1ccc(F)cc1)N(C)C(=O)CSCc1ccc(CO)cc1. The number of rotatable bonds is 7. The molecule has 2 aromatic rings. The van der Waals surface area contributed by atoms with Gasteiger partial charge in [-0.25, -0.2) is 4.39 Å². The molecule has 2 rings (SSSR count). The quantitative estimate of drug-likeness (QED) is 0.829. The molecular formula is C19H22FNO2S. The Bertz CT molecular complexity index is 658. The molecule has 1 amide bonds. The lowest BCUT2D eigenvalue weighted by molar-refractivity contribution is -0.128. The number of benzene rings is 2. The van der Waals surface area contributed by atoms with E-state index in [2.05, 4.69) is 0 Å². The highest BCUT2D eigenvalue weighted by molar-refractivity contribution is 7.99. The fourth-order valence-corrected chi connectivity index (χ4v) is 3.19. The molecular weight excluding hydrogens is 325 g/mol. The van der Waals surface area contributed by atoms with Crippen LogP contribution < -0.4 is 0 Å². The molecule has 1 unspecified atom stereocenters. The van der Waals surface area contributed by atoms with Crippen LogP contribution in [0.5, 0.6) is 0 Å². The van der Waals surface area contributed by atoms with E-state index < -0.39 is 0 Å². The van der Waals surface area contributed by atoms with Crippen molar-refractivity contribution in [2.24, 2.45) is 0 Å². The predicted molar refractivity (Wildman–Crippen MR) is 96.1 cm³/mol. The molecule has 2 aromatic carbocycles. The summed E-state index contributed by atoms with van der Waals surface area (Å²) in [4.78, 5) is 14.0. The minimum Gasteiger partial charge on any atom is -0.392 e. The molecule has 0 radical (unpaired) electrons. The Morgan fingerprint density at radius 2 is 1.71 bits per heavy atom. The largest absolute Gasteiger partial charge is 0.392 e. The summed E-state index contributed by atoms with van der Waals surface area (Å²) in [5.74, 6) is 0.909. The van der Waals surface area contributed by atoms with Crippen molar-refractivity contribution in [1.29, 1.82) is 0 Å². The maximum atomic E-state index is 13.0. The van der Waals surface area contributed by atoms with Crippen molar-refractivity contribution in [1.82, 2.24) is 4.90 Å². The number of amides is 1. The predicted octanol–water partition coefficient (Wildman–Crippen LogP) is 3.77. The molecule has 0 saturated heterocycles. The maximum Gasteiger partial charge on any atom is 0.232 e. The number of hydrogen-bond donors (Lipinski definition) is 1. The highest BCUT2D eigenvalue weighted by Gasteiger charge is 2.17.